The molecular formula is C53H37N3O. The Morgan fingerprint density at radius 2 is 1.14 bits per heavy atom. The summed E-state index contributed by atoms with van der Waals surface area (Å²) in [5.41, 5.74) is 14.2. The number of hydrogen-bond acceptors (Lipinski definition) is 4. The highest BCUT2D eigenvalue weighted by Crippen LogP contribution is 2.49. The van der Waals surface area contributed by atoms with Crippen molar-refractivity contribution < 1.29 is 4.42 Å². The van der Waals surface area contributed by atoms with E-state index in [-0.39, 0.29) is 12.0 Å². The molecule has 4 heteroatoms. The van der Waals surface area contributed by atoms with Gasteiger partial charge in [-0.2, -0.15) is 0 Å². The Kier molecular flexibility index (Phi) is 7.92. The molecule has 9 aromatic rings. The number of benzene rings is 8. The van der Waals surface area contributed by atoms with Gasteiger partial charge in [0, 0.05) is 50.9 Å². The van der Waals surface area contributed by atoms with Crippen molar-refractivity contribution >= 4 is 44.6 Å². The highest BCUT2D eigenvalue weighted by atomic mass is 16.3. The third-order valence-electron chi connectivity index (χ3n) is 11.4. The predicted octanol–water partition coefficient (Wildman–Crippen LogP) is 13.9. The zero-order valence-electron chi connectivity index (χ0n) is 31.1. The van der Waals surface area contributed by atoms with E-state index in [1.165, 1.54) is 28.1 Å². The Bertz CT molecular complexity index is 2950. The van der Waals surface area contributed by atoms with Crippen LogP contribution in [0.15, 0.2) is 222 Å². The Morgan fingerprint density at radius 3 is 1.88 bits per heavy atom. The van der Waals surface area contributed by atoms with Crippen LogP contribution in [-0.4, -0.2) is 11.0 Å². The van der Waals surface area contributed by atoms with E-state index in [1.54, 1.807) is 0 Å². The van der Waals surface area contributed by atoms with Crippen LogP contribution in [0.4, 0.5) is 22.7 Å². The molecule has 1 aromatic heterocycles. The quantitative estimate of drug-likeness (QED) is 0.163. The predicted molar refractivity (Wildman–Crippen MR) is 235 cm³/mol. The lowest BCUT2D eigenvalue weighted by Crippen LogP contribution is -2.31. The molecule has 4 nitrogen and oxygen atoms in total. The number of nitrogens with zero attached hydrogens (tertiary/aromatic N) is 3. The number of hydrogen-bond donors (Lipinski definition) is 0. The summed E-state index contributed by atoms with van der Waals surface area (Å²) in [4.78, 5) is 9.93. The van der Waals surface area contributed by atoms with Crippen LogP contribution >= 0.6 is 0 Å². The van der Waals surface area contributed by atoms with E-state index in [0.717, 1.165) is 55.6 Å². The van der Waals surface area contributed by atoms with Crippen molar-refractivity contribution in [1.29, 1.82) is 0 Å². The molecule has 57 heavy (non-hydrogen) atoms. The highest BCUT2D eigenvalue weighted by Gasteiger charge is 2.39. The molecule has 2 aliphatic rings. The van der Waals surface area contributed by atoms with E-state index >= 15 is 0 Å². The van der Waals surface area contributed by atoms with Crippen molar-refractivity contribution in [1.82, 2.24) is 4.98 Å². The summed E-state index contributed by atoms with van der Waals surface area (Å²) in [7, 11) is 0. The summed E-state index contributed by atoms with van der Waals surface area (Å²) >= 11 is 0. The third kappa shape index (κ3) is 5.73. The molecule has 0 saturated carbocycles. The third-order valence-corrected chi connectivity index (χ3v) is 11.4. The van der Waals surface area contributed by atoms with Gasteiger partial charge in [-0.1, -0.05) is 140 Å². The average molecular weight is 732 g/mol. The summed E-state index contributed by atoms with van der Waals surface area (Å²) in [6, 6.07) is 68.9. The molecule has 0 radical (unpaired) electrons. The summed E-state index contributed by atoms with van der Waals surface area (Å²) in [5.74, 6) is 0.866. The molecule has 1 aliphatic heterocycles. The zero-order valence-corrected chi connectivity index (χ0v) is 31.1. The van der Waals surface area contributed by atoms with Crippen molar-refractivity contribution in [2.75, 3.05) is 9.80 Å². The molecule has 0 fully saturated rings. The maximum Gasteiger partial charge on any atom is 0.227 e. The Balaban J connectivity index is 1.03. The number of anilines is 4. The summed E-state index contributed by atoms with van der Waals surface area (Å²) in [6.45, 7) is 0. The lowest BCUT2D eigenvalue weighted by Gasteiger charge is -2.34. The summed E-state index contributed by atoms with van der Waals surface area (Å²) < 4.78 is 6.61. The number of fused-ring (bicyclic) bond motifs is 6. The van der Waals surface area contributed by atoms with Crippen LogP contribution in [0, 0.1) is 0 Å². The van der Waals surface area contributed by atoms with Gasteiger partial charge in [0.25, 0.3) is 0 Å². The first-order chi connectivity index (χ1) is 28.3. The van der Waals surface area contributed by atoms with E-state index in [2.05, 4.69) is 192 Å². The fraction of sp³-hybridized carbons (Fsp3) is 0.0377. The molecule has 0 spiro atoms. The van der Waals surface area contributed by atoms with Crippen LogP contribution in [0.5, 0.6) is 0 Å². The molecular weight excluding hydrogens is 695 g/mol. The number of allylic oxidation sites excluding steroid dienone is 1. The normalized spacial score (nSPS) is 15.7. The maximum absolute atomic E-state index is 6.61. The molecule has 2 atom stereocenters. The largest absolute Gasteiger partial charge is 0.435 e. The Labute approximate surface area is 331 Å². The molecule has 0 amide bonds. The van der Waals surface area contributed by atoms with Crippen molar-refractivity contribution in [3.63, 3.8) is 0 Å². The molecule has 8 aromatic carbocycles. The van der Waals surface area contributed by atoms with Gasteiger partial charge in [-0.25, -0.2) is 4.98 Å². The minimum absolute atomic E-state index is 0.117. The first-order valence-corrected chi connectivity index (χ1v) is 19.5. The molecule has 0 bridgehead atoms. The Hall–Kier alpha value is -7.43. The zero-order chi connectivity index (χ0) is 37.7. The Morgan fingerprint density at radius 1 is 0.544 bits per heavy atom. The first-order valence-electron chi connectivity index (χ1n) is 19.5. The molecule has 0 N–H and O–H groups in total. The average Bonchev–Trinajstić information content (AvgIpc) is 3.88. The smallest absolute Gasteiger partial charge is 0.227 e. The van der Waals surface area contributed by atoms with Crippen LogP contribution in [-0.2, 0) is 0 Å². The minimum Gasteiger partial charge on any atom is -0.435 e. The topological polar surface area (TPSA) is 32.5 Å². The fourth-order valence-electron chi connectivity index (χ4n) is 8.71. The lowest BCUT2D eigenvalue weighted by molar-refractivity contribution is 0.621. The van der Waals surface area contributed by atoms with Gasteiger partial charge in [0.15, 0.2) is 5.58 Å². The lowest BCUT2D eigenvalue weighted by atomic mass is 9.90. The van der Waals surface area contributed by atoms with Crippen molar-refractivity contribution in [2.45, 2.75) is 12.0 Å². The first kappa shape index (κ1) is 33.0. The molecule has 2 heterocycles. The van der Waals surface area contributed by atoms with Gasteiger partial charge in [-0.05, 0) is 100 Å². The number of aromatic nitrogens is 1. The molecule has 1 aliphatic carbocycles. The van der Waals surface area contributed by atoms with E-state index in [9.17, 15) is 0 Å². The monoisotopic (exact) mass is 731 g/mol. The second-order valence-corrected chi connectivity index (χ2v) is 14.7. The molecule has 270 valence electrons. The number of oxazole rings is 1. The van der Waals surface area contributed by atoms with Gasteiger partial charge in [-0.3, -0.25) is 0 Å². The van der Waals surface area contributed by atoms with Gasteiger partial charge in [-0.15, -0.1) is 0 Å². The maximum atomic E-state index is 6.61. The van der Waals surface area contributed by atoms with E-state index in [4.69, 9.17) is 9.40 Å². The molecule has 0 saturated heterocycles. The minimum atomic E-state index is 0.117. The van der Waals surface area contributed by atoms with Crippen molar-refractivity contribution in [3.05, 3.63) is 224 Å². The van der Waals surface area contributed by atoms with Crippen LogP contribution in [0.3, 0.4) is 0 Å². The fourth-order valence-corrected chi connectivity index (χ4v) is 8.71. The van der Waals surface area contributed by atoms with E-state index < -0.39 is 0 Å². The van der Waals surface area contributed by atoms with Crippen molar-refractivity contribution in [2.24, 2.45) is 0 Å². The summed E-state index contributed by atoms with van der Waals surface area (Å²) in [5, 5.41) is 2.21. The number of rotatable bonds is 7. The van der Waals surface area contributed by atoms with E-state index in [0.29, 0.717) is 5.89 Å². The SMILES string of the molecule is C1=CC2c3ccccc3N(c3ccccc3)C2C=C1N(c1ccc(-c2ccccc2)cc1)c1ccc(-c2cc3ccccc3c3nc(-c4ccccc4)oc23)cc1. The van der Waals surface area contributed by atoms with Gasteiger partial charge in [0.05, 0.1) is 6.04 Å². The van der Waals surface area contributed by atoms with Crippen LogP contribution < -0.4 is 9.80 Å². The van der Waals surface area contributed by atoms with Crippen LogP contribution in [0.2, 0.25) is 0 Å². The molecule has 11 rings (SSSR count). The van der Waals surface area contributed by atoms with Gasteiger partial charge in [0.2, 0.25) is 5.89 Å². The highest BCUT2D eigenvalue weighted by molar-refractivity contribution is 6.10. The van der Waals surface area contributed by atoms with Gasteiger partial charge in [0.1, 0.15) is 5.52 Å². The molecule has 2 unspecified atom stereocenters. The van der Waals surface area contributed by atoms with Crippen molar-refractivity contribution in [3.8, 4) is 33.7 Å². The van der Waals surface area contributed by atoms with E-state index in [1.807, 2.05) is 30.3 Å². The van der Waals surface area contributed by atoms with Crippen LogP contribution in [0.1, 0.15) is 11.5 Å². The number of para-hydroxylation sites is 2. The summed E-state index contributed by atoms with van der Waals surface area (Å²) in [6.07, 6.45) is 7.14. The second-order valence-electron chi connectivity index (χ2n) is 14.7. The standard InChI is InChI=1S/C53H37N3O/c1-4-14-36(15-5-1)37-24-28-42(29-25-37)55(44-32-33-47-46-22-12-13-23-49(46)56(50(47)35-44)41-19-8-3-9-20-41)43-30-26-38(27-31-43)48-34-40-18-10-11-21-45(40)51-52(48)57-53(54-51)39-16-6-2-7-17-39/h1-35,47,50H. The van der Waals surface area contributed by atoms with Gasteiger partial charge < -0.3 is 14.2 Å². The van der Waals surface area contributed by atoms with Gasteiger partial charge >= 0.3 is 0 Å². The second kappa shape index (κ2) is 13.7. The van der Waals surface area contributed by atoms with Crippen LogP contribution in [0.25, 0.3) is 55.6 Å².